The van der Waals surface area contributed by atoms with E-state index in [1.807, 2.05) is 18.2 Å². The van der Waals surface area contributed by atoms with E-state index in [-0.39, 0.29) is 29.4 Å². The second-order valence-corrected chi connectivity index (χ2v) is 7.48. The summed E-state index contributed by atoms with van der Waals surface area (Å²) < 4.78 is 24.1. The molecule has 0 aliphatic carbocycles. The van der Waals surface area contributed by atoms with Gasteiger partial charge in [-0.05, 0) is 47.9 Å². The number of benzene rings is 2. The number of nitrogens with one attached hydrogen (secondary N) is 1. The van der Waals surface area contributed by atoms with Crippen molar-refractivity contribution in [3.8, 4) is 11.5 Å². The zero-order valence-corrected chi connectivity index (χ0v) is 15.6. The Hall–Kier alpha value is -2.21. The van der Waals surface area contributed by atoms with Crippen LogP contribution in [0.3, 0.4) is 0 Å². The van der Waals surface area contributed by atoms with Crippen LogP contribution < -0.4 is 14.8 Å². The lowest BCUT2D eigenvalue weighted by Gasteiger charge is -2.25. The van der Waals surface area contributed by atoms with Gasteiger partial charge in [0.05, 0.1) is 11.8 Å². The van der Waals surface area contributed by atoms with Crippen LogP contribution >= 0.6 is 11.8 Å². The van der Waals surface area contributed by atoms with Crippen molar-refractivity contribution >= 4 is 17.7 Å². The average Bonchev–Trinajstić information content (AvgIpc) is 2.65. The van der Waals surface area contributed by atoms with Gasteiger partial charge in [-0.3, -0.25) is 4.79 Å². The van der Waals surface area contributed by atoms with E-state index in [9.17, 15) is 9.18 Å². The fraction of sp³-hybridized carbons (Fsp3) is 0.350. The van der Waals surface area contributed by atoms with E-state index in [2.05, 4.69) is 19.2 Å². The molecule has 2 aromatic rings. The molecule has 1 heterocycles. The van der Waals surface area contributed by atoms with Gasteiger partial charge in [0.2, 0.25) is 5.91 Å². The van der Waals surface area contributed by atoms with Crippen LogP contribution in [0.1, 0.15) is 25.5 Å². The molecule has 2 aromatic carbocycles. The third kappa shape index (κ3) is 4.69. The maximum absolute atomic E-state index is 12.9. The molecule has 1 aliphatic rings. The molecular weight excluding hydrogens is 353 g/mol. The molecule has 26 heavy (non-hydrogen) atoms. The van der Waals surface area contributed by atoms with E-state index in [0.29, 0.717) is 19.0 Å². The van der Waals surface area contributed by atoms with E-state index >= 15 is 0 Å². The fourth-order valence-electron chi connectivity index (χ4n) is 2.78. The molecule has 0 bridgehead atoms. The van der Waals surface area contributed by atoms with E-state index in [4.69, 9.17) is 9.47 Å². The molecule has 0 saturated carbocycles. The normalized spacial score (nSPS) is 14.2. The second kappa shape index (κ2) is 8.45. The summed E-state index contributed by atoms with van der Waals surface area (Å²) >= 11 is 1.39. The molecule has 6 heteroatoms. The number of hydrogen-bond acceptors (Lipinski definition) is 4. The SMILES string of the molecule is CC(C)C(NC(=O)CSc1ccc(F)cc1)c1ccc2c(c1)OCCO2. The van der Waals surface area contributed by atoms with Gasteiger partial charge in [-0.25, -0.2) is 4.39 Å². The van der Waals surface area contributed by atoms with Gasteiger partial charge in [0.1, 0.15) is 19.0 Å². The molecule has 0 radical (unpaired) electrons. The smallest absolute Gasteiger partial charge is 0.230 e. The first-order chi connectivity index (χ1) is 12.5. The van der Waals surface area contributed by atoms with Crippen molar-refractivity contribution in [3.05, 3.63) is 53.8 Å². The Bertz CT molecular complexity index is 764. The van der Waals surface area contributed by atoms with E-state index in [1.54, 1.807) is 12.1 Å². The first-order valence-electron chi connectivity index (χ1n) is 8.60. The molecule has 0 saturated heterocycles. The number of rotatable bonds is 6. The predicted octanol–water partition coefficient (Wildman–Crippen LogP) is 4.20. The Morgan fingerprint density at radius 3 is 2.50 bits per heavy atom. The molecule has 4 nitrogen and oxygen atoms in total. The van der Waals surface area contributed by atoms with Crippen molar-refractivity contribution in [3.63, 3.8) is 0 Å². The average molecular weight is 375 g/mol. The van der Waals surface area contributed by atoms with Gasteiger partial charge in [-0.2, -0.15) is 0 Å². The van der Waals surface area contributed by atoms with Crippen LogP contribution in [0.15, 0.2) is 47.4 Å². The Labute approximate surface area is 157 Å². The number of carbonyl (C=O) groups excluding carboxylic acids is 1. The quantitative estimate of drug-likeness (QED) is 0.769. The summed E-state index contributed by atoms with van der Waals surface area (Å²) in [5.74, 6) is 1.61. The topological polar surface area (TPSA) is 47.6 Å². The highest BCUT2D eigenvalue weighted by atomic mass is 32.2. The van der Waals surface area contributed by atoms with Gasteiger partial charge in [-0.1, -0.05) is 19.9 Å². The standard InChI is InChI=1S/C20H22FNO3S/c1-13(2)20(14-3-8-17-18(11-14)25-10-9-24-17)22-19(23)12-26-16-6-4-15(21)5-7-16/h3-8,11,13,20H,9-10,12H2,1-2H3,(H,22,23). The Morgan fingerprint density at radius 2 is 1.81 bits per heavy atom. The fourth-order valence-corrected chi connectivity index (χ4v) is 3.49. The minimum atomic E-state index is -0.280. The molecule has 1 atom stereocenters. The maximum Gasteiger partial charge on any atom is 0.230 e. The predicted molar refractivity (Wildman–Crippen MR) is 100 cm³/mol. The summed E-state index contributed by atoms with van der Waals surface area (Å²) in [6.07, 6.45) is 0. The van der Waals surface area contributed by atoms with Crippen LogP contribution in [-0.4, -0.2) is 24.9 Å². The number of ether oxygens (including phenoxy) is 2. The molecule has 1 N–H and O–H groups in total. The van der Waals surface area contributed by atoms with Crippen LogP contribution in [0, 0.1) is 11.7 Å². The zero-order valence-electron chi connectivity index (χ0n) is 14.8. The highest BCUT2D eigenvalue weighted by molar-refractivity contribution is 8.00. The van der Waals surface area contributed by atoms with E-state index in [0.717, 1.165) is 16.2 Å². The van der Waals surface area contributed by atoms with Crippen molar-refractivity contribution in [2.75, 3.05) is 19.0 Å². The van der Waals surface area contributed by atoms with Crippen molar-refractivity contribution < 1.29 is 18.7 Å². The molecule has 0 aromatic heterocycles. The van der Waals surface area contributed by atoms with Crippen molar-refractivity contribution in [1.82, 2.24) is 5.32 Å². The Balaban J connectivity index is 1.64. The number of halogens is 1. The van der Waals surface area contributed by atoms with Gasteiger partial charge in [0.25, 0.3) is 0 Å². The van der Waals surface area contributed by atoms with Crippen LogP contribution in [0.25, 0.3) is 0 Å². The number of fused-ring (bicyclic) bond motifs is 1. The Kier molecular flexibility index (Phi) is 6.04. The summed E-state index contributed by atoms with van der Waals surface area (Å²) in [5, 5.41) is 3.09. The lowest BCUT2D eigenvalue weighted by molar-refractivity contribution is -0.119. The summed E-state index contributed by atoms with van der Waals surface area (Å²) in [6.45, 7) is 5.21. The van der Waals surface area contributed by atoms with Gasteiger partial charge in [-0.15, -0.1) is 11.8 Å². The lowest BCUT2D eigenvalue weighted by atomic mass is 9.95. The maximum atomic E-state index is 12.9. The summed E-state index contributed by atoms with van der Waals surface area (Å²) in [5.41, 5.74) is 0.990. The molecule has 0 spiro atoms. The zero-order chi connectivity index (χ0) is 18.5. The van der Waals surface area contributed by atoms with Crippen LogP contribution in [0.5, 0.6) is 11.5 Å². The van der Waals surface area contributed by atoms with Crippen LogP contribution in [0.4, 0.5) is 4.39 Å². The molecule has 138 valence electrons. The number of carbonyl (C=O) groups is 1. The van der Waals surface area contributed by atoms with E-state index < -0.39 is 0 Å². The summed E-state index contributed by atoms with van der Waals surface area (Å²) in [4.78, 5) is 13.3. The first-order valence-corrected chi connectivity index (χ1v) is 9.59. The first kappa shape index (κ1) is 18.6. The second-order valence-electron chi connectivity index (χ2n) is 6.43. The third-order valence-electron chi connectivity index (χ3n) is 4.09. The molecule has 0 fully saturated rings. The highest BCUT2D eigenvalue weighted by Gasteiger charge is 2.21. The minimum absolute atomic E-state index is 0.0621. The lowest BCUT2D eigenvalue weighted by Crippen LogP contribution is -2.33. The van der Waals surface area contributed by atoms with Crippen molar-refractivity contribution in [1.29, 1.82) is 0 Å². The molecule has 3 rings (SSSR count). The monoisotopic (exact) mass is 375 g/mol. The molecule has 1 unspecified atom stereocenters. The van der Waals surface area contributed by atoms with Gasteiger partial charge >= 0.3 is 0 Å². The molecule has 1 aliphatic heterocycles. The largest absolute Gasteiger partial charge is 0.486 e. The number of thioether (sulfide) groups is 1. The van der Waals surface area contributed by atoms with Gasteiger partial charge in [0.15, 0.2) is 11.5 Å². The third-order valence-corrected chi connectivity index (χ3v) is 5.10. The van der Waals surface area contributed by atoms with Crippen molar-refractivity contribution in [2.24, 2.45) is 5.92 Å². The van der Waals surface area contributed by atoms with Crippen LogP contribution in [0.2, 0.25) is 0 Å². The summed E-state index contributed by atoms with van der Waals surface area (Å²) in [6, 6.07) is 11.8. The van der Waals surface area contributed by atoms with Crippen molar-refractivity contribution in [2.45, 2.75) is 24.8 Å². The molecular formula is C20H22FNO3S. The minimum Gasteiger partial charge on any atom is -0.486 e. The van der Waals surface area contributed by atoms with E-state index in [1.165, 1.54) is 23.9 Å². The summed E-state index contributed by atoms with van der Waals surface area (Å²) in [7, 11) is 0. The molecule has 1 amide bonds. The van der Waals surface area contributed by atoms with Gasteiger partial charge in [0, 0.05) is 4.90 Å². The van der Waals surface area contributed by atoms with Crippen LogP contribution in [-0.2, 0) is 4.79 Å². The number of hydrogen-bond donors (Lipinski definition) is 1. The Morgan fingerprint density at radius 1 is 1.12 bits per heavy atom. The highest BCUT2D eigenvalue weighted by Crippen LogP contribution is 2.34. The number of amides is 1. The van der Waals surface area contributed by atoms with Gasteiger partial charge < -0.3 is 14.8 Å².